The van der Waals surface area contributed by atoms with Crippen LogP contribution in [0.25, 0.3) is 0 Å². The highest BCUT2D eigenvalue weighted by Crippen LogP contribution is 2.16. The molecule has 0 unspecified atom stereocenters. The van der Waals surface area contributed by atoms with Gasteiger partial charge in [-0.15, -0.1) is 10.2 Å². The van der Waals surface area contributed by atoms with E-state index in [9.17, 15) is 14.0 Å². The number of furan rings is 1. The van der Waals surface area contributed by atoms with Gasteiger partial charge in [0.25, 0.3) is 5.91 Å². The molecule has 1 atom stereocenters. The number of carbonyl (C=O) groups is 2. The lowest BCUT2D eigenvalue weighted by atomic mass is 10.1. The first-order valence-electron chi connectivity index (χ1n) is 9.20. The zero-order chi connectivity index (χ0) is 20.6. The third-order valence-corrected chi connectivity index (χ3v) is 5.01. The molecule has 9 heteroatoms. The van der Waals surface area contributed by atoms with Crippen molar-refractivity contribution < 1.29 is 18.4 Å². The molecule has 0 spiro atoms. The van der Waals surface area contributed by atoms with Crippen molar-refractivity contribution >= 4 is 28.8 Å². The summed E-state index contributed by atoms with van der Waals surface area (Å²) in [6, 6.07) is 9.30. The van der Waals surface area contributed by atoms with Gasteiger partial charge in [-0.25, -0.2) is 4.39 Å². The normalized spacial score (nSPS) is 11.8. The van der Waals surface area contributed by atoms with E-state index in [4.69, 9.17) is 4.42 Å². The van der Waals surface area contributed by atoms with E-state index in [1.54, 1.807) is 12.3 Å². The van der Waals surface area contributed by atoms with E-state index in [1.807, 2.05) is 19.1 Å². The van der Waals surface area contributed by atoms with Crippen LogP contribution in [0.15, 0.2) is 47.1 Å². The maximum absolute atomic E-state index is 13.2. The van der Waals surface area contributed by atoms with Gasteiger partial charge in [0.1, 0.15) is 16.6 Å². The molecule has 0 bridgehead atoms. The van der Waals surface area contributed by atoms with E-state index in [2.05, 4.69) is 20.8 Å². The Kier molecular flexibility index (Phi) is 7.07. The summed E-state index contributed by atoms with van der Waals surface area (Å²) in [7, 11) is 0. The number of nitrogens with zero attached hydrogens (tertiary/aromatic N) is 2. The fourth-order valence-corrected chi connectivity index (χ4v) is 3.50. The van der Waals surface area contributed by atoms with E-state index in [1.165, 1.54) is 18.2 Å². The number of halogens is 1. The van der Waals surface area contributed by atoms with Crippen LogP contribution in [0.4, 0.5) is 10.1 Å². The summed E-state index contributed by atoms with van der Waals surface area (Å²) < 4.78 is 18.5. The second-order valence-corrected chi connectivity index (χ2v) is 7.63. The van der Waals surface area contributed by atoms with Crippen molar-refractivity contribution in [2.75, 3.05) is 5.32 Å². The quantitative estimate of drug-likeness (QED) is 0.556. The third kappa shape index (κ3) is 6.49. The predicted molar refractivity (Wildman–Crippen MR) is 107 cm³/mol. The summed E-state index contributed by atoms with van der Waals surface area (Å²) in [4.78, 5) is 24.2. The van der Waals surface area contributed by atoms with Crippen molar-refractivity contribution in [3.05, 3.63) is 64.3 Å². The third-order valence-electron chi connectivity index (χ3n) is 4.03. The molecule has 3 rings (SSSR count). The number of amides is 2. The molecule has 152 valence electrons. The molecule has 0 fully saturated rings. The SMILES string of the molecule is C[C@@H](Cc1ccco1)NC(=O)CCCc1nnc(C(=O)Nc2cccc(F)c2)s1. The molecule has 2 N–H and O–H groups in total. The Labute approximate surface area is 171 Å². The Morgan fingerprint density at radius 1 is 1.24 bits per heavy atom. The molecule has 0 saturated heterocycles. The molecule has 0 aliphatic carbocycles. The Bertz CT molecular complexity index is 958. The van der Waals surface area contributed by atoms with E-state index in [0.29, 0.717) is 36.4 Å². The van der Waals surface area contributed by atoms with Gasteiger partial charge >= 0.3 is 0 Å². The minimum absolute atomic E-state index is 0.0201. The van der Waals surface area contributed by atoms with Crippen LogP contribution in [0.5, 0.6) is 0 Å². The van der Waals surface area contributed by atoms with Crippen molar-refractivity contribution in [2.45, 2.75) is 38.6 Å². The first-order chi connectivity index (χ1) is 14.0. The van der Waals surface area contributed by atoms with Crippen LogP contribution >= 0.6 is 11.3 Å². The molecule has 29 heavy (non-hydrogen) atoms. The molecule has 0 saturated carbocycles. The summed E-state index contributed by atoms with van der Waals surface area (Å²) in [5, 5.41) is 14.3. The predicted octanol–water partition coefficient (Wildman–Crippen LogP) is 3.59. The number of carbonyl (C=O) groups excluding carboxylic acids is 2. The molecular formula is C20H21FN4O3S. The van der Waals surface area contributed by atoms with Gasteiger partial charge in [0.05, 0.1) is 6.26 Å². The minimum Gasteiger partial charge on any atom is -0.469 e. The number of anilines is 1. The van der Waals surface area contributed by atoms with E-state index in [0.717, 1.165) is 17.1 Å². The number of hydrogen-bond acceptors (Lipinski definition) is 6. The summed E-state index contributed by atoms with van der Waals surface area (Å²) in [6.45, 7) is 1.93. The number of rotatable bonds is 9. The summed E-state index contributed by atoms with van der Waals surface area (Å²) >= 11 is 1.16. The summed E-state index contributed by atoms with van der Waals surface area (Å²) in [5.41, 5.74) is 0.354. The standard InChI is InChI=1S/C20H21FN4O3S/c1-13(11-16-7-4-10-28-16)22-17(26)8-3-9-18-24-25-20(29-18)19(27)23-15-6-2-5-14(21)12-15/h2,4-7,10,12-13H,3,8-9,11H2,1H3,(H,22,26)(H,23,27)/t13-/m0/s1. The topological polar surface area (TPSA) is 97.1 Å². The molecule has 2 aromatic heterocycles. The average molecular weight is 416 g/mol. The van der Waals surface area contributed by atoms with Crippen LogP contribution in [0, 0.1) is 5.82 Å². The Morgan fingerprint density at radius 3 is 2.86 bits per heavy atom. The highest BCUT2D eigenvalue weighted by molar-refractivity contribution is 7.13. The fourth-order valence-electron chi connectivity index (χ4n) is 2.73. The van der Waals surface area contributed by atoms with Crippen LogP contribution in [0.1, 0.15) is 40.3 Å². The number of aromatic nitrogens is 2. The maximum atomic E-state index is 13.2. The van der Waals surface area contributed by atoms with Gasteiger partial charge < -0.3 is 15.1 Å². The van der Waals surface area contributed by atoms with E-state index < -0.39 is 11.7 Å². The molecule has 3 aromatic rings. The van der Waals surface area contributed by atoms with Crippen LogP contribution < -0.4 is 10.6 Å². The monoisotopic (exact) mass is 416 g/mol. The maximum Gasteiger partial charge on any atom is 0.286 e. The van der Waals surface area contributed by atoms with Gasteiger partial charge in [-0.3, -0.25) is 9.59 Å². The van der Waals surface area contributed by atoms with Gasteiger partial charge in [0.2, 0.25) is 10.9 Å². The van der Waals surface area contributed by atoms with Crippen LogP contribution in [-0.4, -0.2) is 28.1 Å². The number of aryl methyl sites for hydroxylation is 1. The molecule has 2 heterocycles. The zero-order valence-electron chi connectivity index (χ0n) is 15.9. The van der Waals surface area contributed by atoms with Gasteiger partial charge in [0, 0.05) is 31.0 Å². The first-order valence-corrected chi connectivity index (χ1v) is 10.0. The lowest BCUT2D eigenvalue weighted by Gasteiger charge is -2.12. The number of hydrogen-bond donors (Lipinski definition) is 2. The second kappa shape index (κ2) is 9.92. The molecule has 1 aromatic carbocycles. The van der Waals surface area contributed by atoms with Gasteiger partial charge in [-0.1, -0.05) is 17.4 Å². The van der Waals surface area contributed by atoms with Gasteiger partial charge in [0.15, 0.2) is 0 Å². The first kappa shape index (κ1) is 20.7. The fraction of sp³-hybridized carbons (Fsp3) is 0.300. The Hall–Kier alpha value is -3.07. The Balaban J connectivity index is 1.40. The molecule has 0 radical (unpaired) electrons. The van der Waals surface area contributed by atoms with Gasteiger partial charge in [-0.05, 0) is 43.7 Å². The molecule has 0 aliphatic heterocycles. The molecule has 7 nitrogen and oxygen atoms in total. The van der Waals surface area contributed by atoms with Gasteiger partial charge in [-0.2, -0.15) is 0 Å². The van der Waals surface area contributed by atoms with Crippen molar-refractivity contribution in [1.82, 2.24) is 15.5 Å². The average Bonchev–Trinajstić information content (AvgIpc) is 3.33. The van der Waals surface area contributed by atoms with Crippen LogP contribution in [0.2, 0.25) is 0 Å². The van der Waals surface area contributed by atoms with Crippen molar-refractivity contribution in [2.24, 2.45) is 0 Å². The zero-order valence-corrected chi connectivity index (χ0v) is 16.7. The highest BCUT2D eigenvalue weighted by Gasteiger charge is 2.14. The lowest BCUT2D eigenvalue weighted by Crippen LogP contribution is -2.33. The number of nitrogens with one attached hydrogen (secondary N) is 2. The highest BCUT2D eigenvalue weighted by atomic mass is 32.1. The Morgan fingerprint density at radius 2 is 2.10 bits per heavy atom. The smallest absolute Gasteiger partial charge is 0.286 e. The van der Waals surface area contributed by atoms with Crippen molar-refractivity contribution in [1.29, 1.82) is 0 Å². The van der Waals surface area contributed by atoms with Crippen molar-refractivity contribution in [3.63, 3.8) is 0 Å². The second-order valence-electron chi connectivity index (χ2n) is 6.57. The van der Waals surface area contributed by atoms with Crippen LogP contribution in [-0.2, 0) is 17.6 Å². The summed E-state index contributed by atoms with van der Waals surface area (Å²) in [5.74, 6) is -0.0882. The molecular weight excluding hydrogens is 395 g/mol. The van der Waals surface area contributed by atoms with E-state index >= 15 is 0 Å². The minimum atomic E-state index is -0.441. The largest absolute Gasteiger partial charge is 0.469 e. The summed E-state index contributed by atoms with van der Waals surface area (Å²) in [6.07, 6.45) is 3.74. The number of benzene rings is 1. The molecule has 0 aliphatic rings. The van der Waals surface area contributed by atoms with Crippen LogP contribution in [0.3, 0.4) is 0 Å². The van der Waals surface area contributed by atoms with Crippen molar-refractivity contribution in [3.8, 4) is 0 Å². The van der Waals surface area contributed by atoms with E-state index in [-0.39, 0.29) is 17.0 Å². The lowest BCUT2D eigenvalue weighted by molar-refractivity contribution is -0.121. The molecule has 2 amide bonds.